The number of benzene rings is 1. The van der Waals surface area contributed by atoms with Gasteiger partial charge in [0, 0.05) is 11.6 Å². The SMILES string of the molecule is CCCCOc1ccc(C(C)=O)c(NOC)c1. The summed E-state index contributed by atoms with van der Waals surface area (Å²) in [6, 6.07) is 5.31. The lowest BCUT2D eigenvalue weighted by molar-refractivity contribution is 0.101. The van der Waals surface area contributed by atoms with Crippen LogP contribution in [0.2, 0.25) is 0 Å². The van der Waals surface area contributed by atoms with Gasteiger partial charge in [-0.2, -0.15) is 0 Å². The molecular formula is C13H19NO3. The first-order valence-electron chi connectivity index (χ1n) is 5.75. The van der Waals surface area contributed by atoms with E-state index in [4.69, 9.17) is 9.57 Å². The maximum atomic E-state index is 11.4. The highest BCUT2D eigenvalue weighted by Gasteiger charge is 2.08. The molecule has 0 aliphatic heterocycles. The van der Waals surface area contributed by atoms with Crippen molar-refractivity contribution >= 4 is 11.5 Å². The van der Waals surface area contributed by atoms with Crippen LogP contribution in [0, 0.1) is 0 Å². The molecule has 17 heavy (non-hydrogen) atoms. The Morgan fingerprint density at radius 1 is 1.41 bits per heavy atom. The minimum Gasteiger partial charge on any atom is -0.494 e. The summed E-state index contributed by atoms with van der Waals surface area (Å²) in [6.07, 6.45) is 2.11. The molecule has 0 unspecified atom stereocenters. The van der Waals surface area contributed by atoms with Crippen LogP contribution < -0.4 is 10.2 Å². The maximum absolute atomic E-state index is 11.4. The lowest BCUT2D eigenvalue weighted by Crippen LogP contribution is -2.04. The summed E-state index contributed by atoms with van der Waals surface area (Å²) >= 11 is 0. The lowest BCUT2D eigenvalue weighted by atomic mass is 10.1. The molecule has 0 bridgehead atoms. The fourth-order valence-electron chi connectivity index (χ4n) is 1.45. The predicted molar refractivity (Wildman–Crippen MR) is 67.5 cm³/mol. The Morgan fingerprint density at radius 3 is 2.76 bits per heavy atom. The second-order valence-corrected chi connectivity index (χ2v) is 3.77. The zero-order valence-electron chi connectivity index (χ0n) is 10.6. The molecule has 0 amide bonds. The second-order valence-electron chi connectivity index (χ2n) is 3.77. The molecule has 0 heterocycles. The van der Waals surface area contributed by atoms with Gasteiger partial charge in [0.25, 0.3) is 0 Å². The first kappa shape index (κ1) is 13.5. The maximum Gasteiger partial charge on any atom is 0.161 e. The van der Waals surface area contributed by atoms with Crippen molar-refractivity contribution in [3.8, 4) is 5.75 Å². The third kappa shape index (κ3) is 4.07. The summed E-state index contributed by atoms with van der Waals surface area (Å²) in [7, 11) is 1.51. The molecule has 1 N–H and O–H groups in total. The molecule has 0 aliphatic carbocycles. The molecule has 4 heteroatoms. The van der Waals surface area contributed by atoms with E-state index in [-0.39, 0.29) is 5.78 Å². The van der Waals surface area contributed by atoms with Crippen LogP contribution in [0.25, 0.3) is 0 Å². The van der Waals surface area contributed by atoms with E-state index in [1.807, 2.05) is 0 Å². The van der Waals surface area contributed by atoms with Gasteiger partial charge in [-0.3, -0.25) is 15.1 Å². The zero-order chi connectivity index (χ0) is 12.7. The number of hydrogen-bond acceptors (Lipinski definition) is 4. The summed E-state index contributed by atoms with van der Waals surface area (Å²) in [6.45, 7) is 4.32. The fraction of sp³-hybridized carbons (Fsp3) is 0.462. The van der Waals surface area contributed by atoms with Gasteiger partial charge in [0.15, 0.2) is 5.78 Å². The van der Waals surface area contributed by atoms with E-state index in [2.05, 4.69) is 12.4 Å². The fourth-order valence-corrected chi connectivity index (χ4v) is 1.45. The number of unbranched alkanes of at least 4 members (excludes halogenated alkanes) is 1. The number of nitrogens with one attached hydrogen (secondary N) is 1. The van der Waals surface area contributed by atoms with Gasteiger partial charge >= 0.3 is 0 Å². The van der Waals surface area contributed by atoms with Gasteiger partial charge in [-0.25, -0.2) is 0 Å². The molecule has 0 saturated carbocycles. The van der Waals surface area contributed by atoms with Crippen LogP contribution >= 0.6 is 0 Å². The number of anilines is 1. The molecule has 0 aromatic heterocycles. The van der Waals surface area contributed by atoms with Crippen molar-refractivity contribution in [2.45, 2.75) is 26.7 Å². The van der Waals surface area contributed by atoms with E-state index in [9.17, 15) is 4.79 Å². The van der Waals surface area contributed by atoms with E-state index in [1.165, 1.54) is 14.0 Å². The molecule has 0 aliphatic rings. The van der Waals surface area contributed by atoms with E-state index >= 15 is 0 Å². The number of carbonyl (C=O) groups excluding carboxylic acids is 1. The van der Waals surface area contributed by atoms with Crippen LogP contribution in [-0.4, -0.2) is 19.5 Å². The topological polar surface area (TPSA) is 47.6 Å². The first-order valence-corrected chi connectivity index (χ1v) is 5.75. The molecule has 0 atom stereocenters. The van der Waals surface area contributed by atoms with E-state index in [0.29, 0.717) is 17.9 Å². The van der Waals surface area contributed by atoms with E-state index in [0.717, 1.165) is 18.6 Å². The average Bonchev–Trinajstić information content (AvgIpc) is 2.30. The van der Waals surface area contributed by atoms with Crippen LogP contribution in [0.1, 0.15) is 37.0 Å². The zero-order valence-corrected chi connectivity index (χ0v) is 10.6. The predicted octanol–water partition coefficient (Wildman–Crippen LogP) is 3.04. The summed E-state index contributed by atoms with van der Waals surface area (Å²) in [4.78, 5) is 16.2. The van der Waals surface area contributed by atoms with E-state index < -0.39 is 0 Å². The van der Waals surface area contributed by atoms with Crippen LogP contribution in [0.3, 0.4) is 0 Å². The summed E-state index contributed by atoms with van der Waals surface area (Å²) in [5.41, 5.74) is 3.91. The highest BCUT2D eigenvalue weighted by Crippen LogP contribution is 2.23. The van der Waals surface area contributed by atoms with Gasteiger partial charge in [-0.1, -0.05) is 13.3 Å². The van der Waals surface area contributed by atoms with Gasteiger partial charge in [-0.05, 0) is 25.5 Å². The average molecular weight is 237 g/mol. The summed E-state index contributed by atoms with van der Waals surface area (Å²) < 4.78 is 5.56. The van der Waals surface area contributed by atoms with Crippen LogP contribution in [0.15, 0.2) is 18.2 Å². The molecule has 94 valence electrons. The molecular weight excluding hydrogens is 218 g/mol. The van der Waals surface area contributed by atoms with Crippen molar-refractivity contribution in [1.29, 1.82) is 0 Å². The Hall–Kier alpha value is -1.55. The molecule has 1 aromatic carbocycles. The molecule has 1 rings (SSSR count). The normalized spacial score (nSPS) is 10.1. The largest absolute Gasteiger partial charge is 0.494 e. The number of rotatable bonds is 7. The van der Waals surface area contributed by atoms with Crippen LogP contribution in [0.5, 0.6) is 5.75 Å². The molecule has 0 radical (unpaired) electrons. The number of ketones is 1. The third-order valence-corrected chi connectivity index (χ3v) is 2.35. The Balaban J connectivity index is 2.81. The van der Waals surface area contributed by atoms with Crippen molar-refractivity contribution in [3.63, 3.8) is 0 Å². The summed E-state index contributed by atoms with van der Waals surface area (Å²) in [5, 5.41) is 0. The van der Waals surface area contributed by atoms with Gasteiger partial charge < -0.3 is 4.74 Å². The van der Waals surface area contributed by atoms with Crippen molar-refractivity contribution in [3.05, 3.63) is 23.8 Å². The number of ether oxygens (including phenoxy) is 1. The molecule has 0 fully saturated rings. The van der Waals surface area contributed by atoms with Crippen molar-refractivity contribution < 1.29 is 14.4 Å². The van der Waals surface area contributed by atoms with Crippen molar-refractivity contribution in [2.75, 3.05) is 19.2 Å². The highest BCUT2D eigenvalue weighted by atomic mass is 16.6. The van der Waals surface area contributed by atoms with E-state index in [1.54, 1.807) is 18.2 Å². The minimum atomic E-state index is -0.00958. The Labute approximate surface area is 102 Å². The van der Waals surface area contributed by atoms with Crippen LogP contribution in [-0.2, 0) is 4.84 Å². The summed E-state index contributed by atoms with van der Waals surface area (Å²) in [5.74, 6) is 0.729. The first-order chi connectivity index (χ1) is 8.19. The van der Waals surface area contributed by atoms with Gasteiger partial charge in [0.05, 0.1) is 19.4 Å². The smallest absolute Gasteiger partial charge is 0.161 e. The Morgan fingerprint density at radius 2 is 2.18 bits per heavy atom. The monoisotopic (exact) mass is 237 g/mol. The number of carbonyl (C=O) groups is 1. The van der Waals surface area contributed by atoms with Gasteiger partial charge in [0.1, 0.15) is 5.75 Å². The molecule has 1 aromatic rings. The van der Waals surface area contributed by atoms with Crippen LogP contribution in [0.4, 0.5) is 5.69 Å². The second kappa shape index (κ2) is 6.91. The highest BCUT2D eigenvalue weighted by molar-refractivity contribution is 5.99. The molecule has 0 saturated heterocycles. The quantitative estimate of drug-likeness (QED) is 0.450. The van der Waals surface area contributed by atoms with Gasteiger partial charge in [0.2, 0.25) is 0 Å². The molecule has 4 nitrogen and oxygen atoms in total. The van der Waals surface area contributed by atoms with Crippen molar-refractivity contribution in [1.82, 2.24) is 0 Å². The molecule has 0 spiro atoms. The number of hydrogen-bond donors (Lipinski definition) is 1. The number of Topliss-reactive ketones (excluding diaryl/α,β-unsaturated/α-hetero) is 1. The van der Waals surface area contributed by atoms with Gasteiger partial charge in [-0.15, -0.1) is 0 Å². The standard InChI is InChI=1S/C13H19NO3/c1-4-5-8-17-11-6-7-12(10(2)15)13(9-11)14-16-3/h6-7,9,14H,4-5,8H2,1-3H3. The minimum absolute atomic E-state index is 0.00958. The third-order valence-electron chi connectivity index (χ3n) is 2.35. The lowest BCUT2D eigenvalue weighted by Gasteiger charge is -2.11. The Kier molecular flexibility index (Phi) is 5.49. The Bertz CT molecular complexity index is 377. The van der Waals surface area contributed by atoms with Crippen molar-refractivity contribution in [2.24, 2.45) is 0 Å².